The summed E-state index contributed by atoms with van der Waals surface area (Å²) in [6, 6.07) is 11.3. The van der Waals surface area contributed by atoms with Crippen LogP contribution in [0, 0.1) is 5.82 Å². The maximum Gasteiger partial charge on any atom is 0.244 e. The molecule has 0 bridgehead atoms. The van der Waals surface area contributed by atoms with Crippen molar-refractivity contribution in [2.75, 3.05) is 13.1 Å². The maximum atomic E-state index is 12.9. The third-order valence-corrected chi connectivity index (χ3v) is 5.12. The summed E-state index contributed by atoms with van der Waals surface area (Å²) in [6.45, 7) is 4.89. The number of hydrogen-bond acceptors (Lipinski definition) is 3. The predicted octanol–water partition coefficient (Wildman–Crippen LogP) is 2.18. The number of hydrogen-bond donors (Lipinski definition) is 3. The van der Waals surface area contributed by atoms with E-state index in [1.165, 1.54) is 36.3 Å². The van der Waals surface area contributed by atoms with E-state index in [4.69, 9.17) is 0 Å². The molecule has 0 spiro atoms. The summed E-state index contributed by atoms with van der Waals surface area (Å²) in [6.07, 6.45) is 3.89. The molecule has 1 saturated heterocycles. The summed E-state index contributed by atoms with van der Waals surface area (Å²) in [4.78, 5) is 13.5. The average molecular weight is 384 g/mol. The van der Waals surface area contributed by atoms with Crippen molar-refractivity contribution in [2.45, 2.75) is 39.2 Å². The number of benzene rings is 2. The van der Waals surface area contributed by atoms with Crippen LogP contribution < -0.4 is 10.3 Å². The fourth-order valence-electron chi connectivity index (χ4n) is 3.49. The molecule has 0 radical (unpaired) electrons. The number of rotatable bonds is 6. The molecule has 3 N–H and O–H groups in total. The summed E-state index contributed by atoms with van der Waals surface area (Å²) in [5.74, 6) is -0.287. The number of likely N-dealkylation sites (tertiary alicyclic amines) is 1. The Morgan fingerprint density at radius 1 is 1.14 bits per heavy atom. The van der Waals surface area contributed by atoms with Gasteiger partial charge in [-0.2, -0.15) is 5.10 Å². The molecule has 0 aromatic heterocycles. The molecule has 1 aliphatic heterocycles. The molecule has 148 valence electrons. The van der Waals surface area contributed by atoms with E-state index in [0.717, 1.165) is 36.3 Å². The van der Waals surface area contributed by atoms with Gasteiger partial charge < -0.3 is 10.0 Å². The molecule has 0 unspecified atom stereocenters. The SMILES string of the molecule is C/C(=N\NC(=O)Cc1ccc(F)cc1)c1ccc(O)c(C[NH+]2CCCCC2)c1. The summed E-state index contributed by atoms with van der Waals surface area (Å²) in [7, 11) is 0. The number of nitrogens with one attached hydrogen (secondary N) is 2. The van der Waals surface area contributed by atoms with Crippen LogP contribution in [-0.2, 0) is 17.8 Å². The number of halogens is 1. The van der Waals surface area contributed by atoms with Crippen molar-refractivity contribution < 1.29 is 19.2 Å². The molecule has 1 aliphatic rings. The van der Waals surface area contributed by atoms with E-state index in [-0.39, 0.29) is 18.1 Å². The van der Waals surface area contributed by atoms with Crippen molar-refractivity contribution in [3.05, 3.63) is 65.0 Å². The first-order chi connectivity index (χ1) is 13.5. The van der Waals surface area contributed by atoms with Gasteiger partial charge in [0, 0.05) is 5.56 Å². The van der Waals surface area contributed by atoms with Crippen LogP contribution in [0.25, 0.3) is 0 Å². The smallest absolute Gasteiger partial charge is 0.244 e. The molecule has 3 rings (SSSR count). The van der Waals surface area contributed by atoms with Crippen LogP contribution in [-0.4, -0.2) is 29.8 Å². The van der Waals surface area contributed by atoms with E-state index >= 15 is 0 Å². The molecule has 2 aromatic carbocycles. The minimum Gasteiger partial charge on any atom is -0.507 e. The highest BCUT2D eigenvalue weighted by atomic mass is 19.1. The Morgan fingerprint density at radius 2 is 1.86 bits per heavy atom. The van der Waals surface area contributed by atoms with Crippen molar-refractivity contribution in [1.29, 1.82) is 0 Å². The van der Waals surface area contributed by atoms with Gasteiger partial charge >= 0.3 is 0 Å². The molecular formula is C22H27FN3O2+. The monoisotopic (exact) mass is 384 g/mol. The lowest BCUT2D eigenvalue weighted by Crippen LogP contribution is -3.11. The second kappa shape index (κ2) is 9.46. The van der Waals surface area contributed by atoms with Crippen LogP contribution in [0.5, 0.6) is 5.75 Å². The van der Waals surface area contributed by atoms with Crippen molar-refractivity contribution in [1.82, 2.24) is 5.43 Å². The normalized spacial score (nSPS) is 15.4. The third kappa shape index (κ3) is 5.63. The van der Waals surface area contributed by atoms with Gasteiger partial charge in [-0.3, -0.25) is 4.79 Å². The molecule has 2 aromatic rings. The minimum absolute atomic E-state index is 0.135. The van der Waals surface area contributed by atoms with Crippen LogP contribution >= 0.6 is 0 Å². The number of phenols is 1. The lowest BCUT2D eigenvalue weighted by Gasteiger charge is -2.24. The van der Waals surface area contributed by atoms with Crippen LogP contribution in [0.4, 0.5) is 4.39 Å². The van der Waals surface area contributed by atoms with E-state index < -0.39 is 0 Å². The van der Waals surface area contributed by atoms with Gasteiger partial charge in [0.2, 0.25) is 5.91 Å². The second-order valence-corrected chi connectivity index (χ2v) is 7.37. The fourth-order valence-corrected chi connectivity index (χ4v) is 3.49. The number of nitrogens with zero attached hydrogens (tertiary/aromatic N) is 1. The quantitative estimate of drug-likeness (QED) is 0.528. The number of carbonyl (C=O) groups is 1. The van der Waals surface area contributed by atoms with Crippen molar-refractivity contribution in [3.8, 4) is 5.75 Å². The van der Waals surface area contributed by atoms with Crippen LogP contribution in [0.1, 0.15) is 42.9 Å². The summed E-state index contributed by atoms with van der Waals surface area (Å²) >= 11 is 0. The first-order valence-corrected chi connectivity index (χ1v) is 9.74. The Hall–Kier alpha value is -2.73. The van der Waals surface area contributed by atoms with Gasteiger partial charge in [0.05, 0.1) is 25.2 Å². The number of quaternary nitrogens is 1. The highest BCUT2D eigenvalue weighted by Crippen LogP contribution is 2.18. The van der Waals surface area contributed by atoms with Gasteiger partial charge in [-0.05, 0) is 67.6 Å². The minimum atomic E-state index is -0.326. The second-order valence-electron chi connectivity index (χ2n) is 7.37. The van der Waals surface area contributed by atoms with Crippen molar-refractivity contribution >= 4 is 11.6 Å². The van der Waals surface area contributed by atoms with Crippen LogP contribution in [0.3, 0.4) is 0 Å². The summed E-state index contributed by atoms with van der Waals surface area (Å²) in [5, 5.41) is 14.4. The van der Waals surface area contributed by atoms with Gasteiger partial charge in [-0.1, -0.05) is 12.1 Å². The van der Waals surface area contributed by atoms with E-state index in [9.17, 15) is 14.3 Å². The predicted molar refractivity (Wildman–Crippen MR) is 107 cm³/mol. The Bertz CT molecular complexity index is 843. The molecule has 1 amide bonds. The van der Waals surface area contributed by atoms with E-state index in [1.807, 2.05) is 13.0 Å². The highest BCUT2D eigenvalue weighted by Gasteiger charge is 2.16. The number of hydrazone groups is 1. The van der Waals surface area contributed by atoms with E-state index in [2.05, 4.69) is 10.5 Å². The van der Waals surface area contributed by atoms with Gasteiger partial charge in [-0.15, -0.1) is 0 Å². The maximum absolute atomic E-state index is 12.9. The lowest BCUT2D eigenvalue weighted by atomic mass is 10.0. The summed E-state index contributed by atoms with van der Waals surface area (Å²) in [5.41, 5.74) is 5.71. The van der Waals surface area contributed by atoms with Crippen LogP contribution in [0.2, 0.25) is 0 Å². The topological polar surface area (TPSA) is 66.1 Å². The van der Waals surface area contributed by atoms with Gasteiger partial charge in [0.1, 0.15) is 18.1 Å². The largest absolute Gasteiger partial charge is 0.507 e. The Kier molecular flexibility index (Phi) is 6.76. The zero-order chi connectivity index (χ0) is 19.9. The molecular weight excluding hydrogens is 357 g/mol. The Morgan fingerprint density at radius 3 is 2.57 bits per heavy atom. The standard InChI is InChI=1S/C22H26FN3O2/c1-16(24-25-22(28)13-17-5-8-20(23)9-6-17)18-7-10-21(27)19(14-18)15-26-11-3-2-4-12-26/h5-10,14,27H,2-4,11-13,15H2,1H3,(H,25,28)/p+1/b24-16+. The number of amides is 1. The first-order valence-electron chi connectivity index (χ1n) is 9.74. The van der Waals surface area contributed by atoms with Crippen molar-refractivity contribution in [2.24, 2.45) is 5.10 Å². The first kappa shape index (κ1) is 20.0. The molecule has 5 nitrogen and oxygen atoms in total. The number of piperidine rings is 1. The van der Waals surface area contributed by atoms with Crippen LogP contribution in [0.15, 0.2) is 47.6 Å². The Balaban J connectivity index is 1.62. The molecule has 0 saturated carbocycles. The number of phenolic OH excluding ortho intramolecular Hbond substituents is 1. The molecule has 28 heavy (non-hydrogen) atoms. The zero-order valence-corrected chi connectivity index (χ0v) is 16.2. The summed E-state index contributed by atoms with van der Waals surface area (Å²) < 4.78 is 12.9. The lowest BCUT2D eigenvalue weighted by molar-refractivity contribution is -0.918. The molecule has 0 aliphatic carbocycles. The fraction of sp³-hybridized carbons (Fsp3) is 0.364. The van der Waals surface area contributed by atoms with Gasteiger partial charge in [0.25, 0.3) is 0 Å². The van der Waals surface area contributed by atoms with E-state index in [0.29, 0.717) is 11.5 Å². The van der Waals surface area contributed by atoms with Gasteiger partial charge in [0.15, 0.2) is 0 Å². The third-order valence-electron chi connectivity index (χ3n) is 5.12. The number of carbonyl (C=O) groups excluding carboxylic acids is 1. The molecule has 0 atom stereocenters. The van der Waals surface area contributed by atoms with Crippen molar-refractivity contribution in [3.63, 3.8) is 0 Å². The average Bonchev–Trinajstić information content (AvgIpc) is 2.70. The molecule has 6 heteroatoms. The molecule has 1 fully saturated rings. The molecule has 1 heterocycles. The zero-order valence-electron chi connectivity index (χ0n) is 16.2. The van der Waals surface area contributed by atoms with Gasteiger partial charge in [-0.25, -0.2) is 9.82 Å². The Labute approximate surface area is 164 Å². The van der Waals surface area contributed by atoms with E-state index in [1.54, 1.807) is 24.3 Å². The number of aromatic hydroxyl groups is 1. The highest BCUT2D eigenvalue weighted by molar-refractivity contribution is 5.99.